The molecule has 0 spiro atoms. The molecular weight excluding hydrogens is 232 g/mol. The van der Waals surface area contributed by atoms with Gasteiger partial charge in [0.25, 0.3) is 5.91 Å². The predicted octanol–water partition coefficient (Wildman–Crippen LogP) is 2.91. The van der Waals surface area contributed by atoms with Gasteiger partial charge in [-0.3, -0.25) is 4.79 Å². The van der Waals surface area contributed by atoms with E-state index in [4.69, 9.17) is 0 Å². The fourth-order valence-electron chi connectivity index (χ4n) is 2.04. The van der Waals surface area contributed by atoms with Gasteiger partial charge in [0.2, 0.25) is 0 Å². The van der Waals surface area contributed by atoms with Crippen molar-refractivity contribution in [2.24, 2.45) is 0 Å². The summed E-state index contributed by atoms with van der Waals surface area (Å²) in [5.41, 5.74) is 3.85. The van der Waals surface area contributed by atoms with Crippen LogP contribution in [0.5, 0.6) is 0 Å². The molecule has 0 bridgehead atoms. The van der Waals surface area contributed by atoms with Crippen molar-refractivity contribution in [1.29, 1.82) is 0 Å². The number of para-hydroxylation sites is 1. The van der Waals surface area contributed by atoms with Gasteiger partial charge in [0.1, 0.15) is 6.17 Å². The van der Waals surface area contributed by atoms with Crippen molar-refractivity contribution in [3.63, 3.8) is 0 Å². The zero-order chi connectivity index (χ0) is 11.8. The summed E-state index contributed by atoms with van der Waals surface area (Å²) in [5.74, 6) is -0.0151. The average molecular weight is 244 g/mol. The van der Waals surface area contributed by atoms with E-state index >= 15 is 0 Å². The Kier molecular flexibility index (Phi) is 2.37. The third-order valence-corrected chi connectivity index (χ3v) is 3.66. The lowest BCUT2D eigenvalue weighted by molar-refractivity contribution is 0.0935. The molecule has 1 aliphatic heterocycles. The first kappa shape index (κ1) is 10.4. The van der Waals surface area contributed by atoms with Crippen LogP contribution in [0.3, 0.4) is 0 Å². The molecule has 0 radical (unpaired) electrons. The van der Waals surface area contributed by atoms with Crippen LogP contribution in [0.1, 0.15) is 27.7 Å². The summed E-state index contributed by atoms with van der Waals surface area (Å²) in [6.07, 6.45) is -0.123. The number of benzene rings is 1. The van der Waals surface area contributed by atoms with Crippen LogP contribution in [-0.4, -0.2) is 5.91 Å². The molecule has 1 unspecified atom stereocenters. The van der Waals surface area contributed by atoms with E-state index in [1.165, 1.54) is 0 Å². The Morgan fingerprint density at radius 1 is 1.24 bits per heavy atom. The van der Waals surface area contributed by atoms with Gasteiger partial charge in [0, 0.05) is 5.56 Å². The standard InChI is InChI=1S/C13H12N2OS/c1-8-3-2-4-10-11(8)14-12(15-13(10)16)9-5-6-17-7-9/h2-7,12,14H,1H3,(H,15,16). The van der Waals surface area contributed by atoms with Crippen molar-refractivity contribution in [3.8, 4) is 0 Å². The van der Waals surface area contributed by atoms with E-state index in [0.717, 1.165) is 22.4 Å². The summed E-state index contributed by atoms with van der Waals surface area (Å²) in [5, 5.41) is 10.4. The first-order valence-electron chi connectivity index (χ1n) is 5.45. The highest BCUT2D eigenvalue weighted by Gasteiger charge is 2.25. The van der Waals surface area contributed by atoms with Crippen LogP contribution in [0.25, 0.3) is 0 Å². The monoisotopic (exact) mass is 244 g/mol. The van der Waals surface area contributed by atoms with Gasteiger partial charge in [0.05, 0.1) is 11.3 Å². The quantitative estimate of drug-likeness (QED) is 0.809. The maximum absolute atomic E-state index is 12.0. The molecule has 1 aliphatic rings. The first-order chi connectivity index (χ1) is 8.25. The topological polar surface area (TPSA) is 41.1 Å². The number of carbonyl (C=O) groups is 1. The van der Waals surface area contributed by atoms with Crippen LogP contribution in [-0.2, 0) is 0 Å². The second-order valence-corrected chi connectivity index (χ2v) is 4.88. The Bertz CT molecular complexity index is 563. The fraction of sp³-hybridized carbons (Fsp3) is 0.154. The van der Waals surface area contributed by atoms with Crippen molar-refractivity contribution in [2.75, 3.05) is 5.32 Å². The molecule has 1 aromatic carbocycles. The highest BCUT2D eigenvalue weighted by molar-refractivity contribution is 7.08. The van der Waals surface area contributed by atoms with Crippen molar-refractivity contribution in [3.05, 3.63) is 51.7 Å². The van der Waals surface area contributed by atoms with Crippen LogP contribution < -0.4 is 10.6 Å². The molecule has 1 aromatic heterocycles. The number of carbonyl (C=O) groups excluding carboxylic acids is 1. The lowest BCUT2D eigenvalue weighted by Gasteiger charge is -2.28. The molecule has 4 heteroatoms. The summed E-state index contributed by atoms with van der Waals surface area (Å²) in [6.45, 7) is 2.01. The van der Waals surface area contributed by atoms with Gasteiger partial charge >= 0.3 is 0 Å². The van der Waals surface area contributed by atoms with E-state index in [1.807, 2.05) is 41.9 Å². The number of aryl methyl sites for hydroxylation is 1. The molecule has 0 fully saturated rings. The lowest BCUT2D eigenvalue weighted by Crippen LogP contribution is -2.38. The van der Waals surface area contributed by atoms with E-state index in [1.54, 1.807) is 11.3 Å². The minimum absolute atomic E-state index is 0.0151. The molecule has 0 saturated heterocycles. The van der Waals surface area contributed by atoms with Crippen molar-refractivity contribution in [2.45, 2.75) is 13.1 Å². The normalized spacial score (nSPS) is 18.2. The molecule has 0 saturated carbocycles. The zero-order valence-electron chi connectivity index (χ0n) is 9.36. The van der Waals surface area contributed by atoms with Crippen molar-refractivity contribution < 1.29 is 4.79 Å². The van der Waals surface area contributed by atoms with Gasteiger partial charge in [0.15, 0.2) is 0 Å². The summed E-state index contributed by atoms with van der Waals surface area (Å²) < 4.78 is 0. The van der Waals surface area contributed by atoms with Crippen LogP contribution in [0.15, 0.2) is 35.0 Å². The average Bonchev–Trinajstić information content (AvgIpc) is 2.84. The van der Waals surface area contributed by atoms with Gasteiger partial charge in [-0.05, 0) is 35.4 Å². The van der Waals surface area contributed by atoms with E-state index in [2.05, 4.69) is 10.6 Å². The molecule has 1 atom stereocenters. The Hall–Kier alpha value is -1.81. The Balaban J connectivity index is 2.03. The number of thiophene rings is 1. The fourth-order valence-corrected chi connectivity index (χ4v) is 2.73. The molecule has 3 nitrogen and oxygen atoms in total. The molecule has 86 valence electrons. The predicted molar refractivity (Wildman–Crippen MR) is 69.3 cm³/mol. The van der Waals surface area contributed by atoms with Crippen molar-refractivity contribution >= 4 is 22.9 Å². The highest BCUT2D eigenvalue weighted by Crippen LogP contribution is 2.29. The molecule has 2 N–H and O–H groups in total. The van der Waals surface area contributed by atoms with Crippen LogP contribution in [0, 0.1) is 6.92 Å². The van der Waals surface area contributed by atoms with Crippen LogP contribution in [0.4, 0.5) is 5.69 Å². The van der Waals surface area contributed by atoms with Crippen molar-refractivity contribution in [1.82, 2.24) is 5.32 Å². The number of hydrogen-bond acceptors (Lipinski definition) is 3. The van der Waals surface area contributed by atoms with Gasteiger partial charge < -0.3 is 10.6 Å². The summed E-state index contributed by atoms with van der Waals surface area (Å²) >= 11 is 1.63. The van der Waals surface area contributed by atoms with Gasteiger partial charge in [-0.25, -0.2) is 0 Å². The number of anilines is 1. The number of rotatable bonds is 1. The Morgan fingerprint density at radius 2 is 2.12 bits per heavy atom. The summed E-state index contributed by atoms with van der Waals surface area (Å²) in [4.78, 5) is 12.0. The summed E-state index contributed by atoms with van der Waals surface area (Å²) in [6, 6.07) is 7.77. The minimum atomic E-state index is -0.123. The largest absolute Gasteiger partial charge is 0.361 e. The number of amides is 1. The van der Waals surface area contributed by atoms with Gasteiger partial charge in [-0.2, -0.15) is 11.3 Å². The molecule has 0 aliphatic carbocycles. The summed E-state index contributed by atoms with van der Waals surface area (Å²) in [7, 11) is 0. The maximum atomic E-state index is 12.0. The van der Waals surface area contributed by atoms with Crippen LogP contribution >= 0.6 is 11.3 Å². The minimum Gasteiger partial charge on any atom is -0.361 e. The van der Waals surface area contributed by atoms with E-state index in [0.29, 0.717) is 0 Å². The molecular formula is C13H12N2OS. The molecule has 2 aromatic rings. The lowest BCUT2D eigenvalue weighted by atomic mass is 10.0. The third kappa shape index (κ3) is 1.70. The molecule has 2 heterocycles. The smallest absolute Gasteiger partial charge is 0.255 e. The Labute approximate surface area is 103 Å². The van der Waals surface area contributed by atoms with Crippen LogP contribution in [0.2, 0.25) is 0 Å². The number of nitrogens with one attached hydrogen (secondary N) is 2. The molecule has 17 heavy (non-hydrogen) atoms. The third-order valence-electron chi connectivity index (χ3n) is 2.96. The maximum Gasteiger partial charge on any atom is 0.255 e. The SMILES string of the molecule is Cc1cccc2c1NC(c1ccsc1)NC2=O. The molecule has 3 rings (SSSR count). The number of fused-ring (bicyclic) bond motifs is 1. The van der Waals surface area contributed by atoms with Gasteiger partial charge in [-0.1, -0.05) is 12.1 Å². The first-order valence-corrected chi connectivity index (χ1v) is 6.39. The number of hydrogen-bond donors (Lipinski definition) is 2. The Morgan fingerprint density at radius 3 is 2.88 bits per heavy atom. The van der Waals surface area contributed by atoms with E-state index < -0.39 is 0 Å². The van der Waals surface area contributed by atoms with Gasteiger partial charge in [-0.15, -0.1) is 0 Å². The zero-order valence-corrected chi connectivity index (χ0v) is 10.2. The second-order valence-electron chi connectivity index (χ2n) is 4.10. The molecule has 1 amide bonds. The highest BCUT2D eigenvalue weighted by atomic mass is 32.1. The second kappa shape index (κ2) is 3.89. The van der Waals surface area contributed by atoms with E-state index in [-0.39, 0.29) is 12.1 Å². The van der Waals surface area contributed by atoms with E-state index in [9.17, 15) is 4.79 Å².